The molecule has 0 amide bonds. The summed E-state index contributed by atoms with van der Waals surface area (Å²) in [4.78, 5) is 0. The van der Waals surface area contributed by atoms with Gasteiger partial charge in [0.25, 0.3) is 0 Å². The Balaban J connectivity index is 1.84. The first-order chi connectivity index (χ1) is 13.8. The average Bonchev–Trinajstić information content (AvgIpc) is 3.14. The van der Waals surface area contributed by atoms with Gasteiger partial charge in [0.2, 0.25) is 0 Å². The van der Waals surface area contributed by atoms with Crippen molar-refractivity contribution >= 4 is 69.0 Å². The maximum absolute atomic E-state index is 3.97. The molecule has 0 saturated carbocycles. The topological polar surface area (TPSA) is 0 Å². The SMILES string of the molecule is Brc1c(-c2cccc3c2sc2ccccc23)c2ccccc2c2ccccc12. The van der Waals surface area contributed by atoms with Crippen LogP contribution in [0.2, 0.25) is 0 Å². The van der Waals surface area contributed by atoms with Gasteiger partial charge >= 0.3 is 0 Å². The molecule has 0 saturated heterocycles. The first-order valence-electron chi connectivity index (χ1n) is 9.32. The highest BCUT2D eigenvalue weighted by atomic mass is 79.9. The van der Waals surface area contributed by atoms with Gasteiger partial charge in [-0.3, -0.25) is 0 Å². The van der Waals surface area contributed by atoms with Crippen molar-refractivity contribution in [2.45, 2.75) is 0 Å². The minimum atomic E-state index is 1.17. The predicted octanol–water partition coefficient (Wildman–Crippen LogP) is 8.79. The molecule has 0 bridgehead atoms. The fraction of sp³-hybridized carbons (Fsp3) is 0. The van der Waals surface area contributed by atoms with Crippen LogP contribution in [0.1, 0.15) is 0 Å². The molecule has 0 aliphatic carbocycles. The van der Waals surface area contributed by atoms with Gasteiger partial charge in [-0.2, -0.15) is 0 Å². The molecule has 0 nitrogen and oxygen atoms in total. The molecular formula is C26H15BrS. The maximum atomic E-state index is 3.97. The van der Waals surface area contributed by atoms with Crippen LogP contribution in [0.15, 0.2) is 95.5 Å². The molecule has 6 aromatic rings. The lowest BCUT2D eigenvalue weighted by Crippen LogP contribution is -1.87. The number of hydrogen-bond donors (Lipinski definition) is 0. The zero-order valence-corrected chi connectivity index (χ0v) is 17.3. The molecule has 0 atom stereocenters. The second-order valence-corrected chi connectivity index (χ2v) is 8.91. The van der Waals surface area contributed by atoms with Gasteiger partial charge in [-0.15, -0.1) is 11.3 Å². The smallest absolute Gasteiger partial charge is 0.0434 e. The Kier molecular flexibility index (Phi) is 3.59. The normalized spacial score (nSPS) is 11.8. The number of rotatable bonds is 1. The van der Waals surface area contributed by atoms with E-state index in [0.717, 1.165) is 0 Å². The Morgan fingerprint density at radius 1 is 0.500 bits per heavy atom. The molecule has 2 heteroatoms. The highest BCUT2D eigenvalue weighted by Crippen LogP contribution is 2.46. The monoisotopic (exact) mass is 438 g/mol. The van der Waals surface area contributed by atoms with Crippen LogP contribution in [-0.4, -0.2) is 0 Å². The average molecular weight is 439 g/mol. The molecule has 0 fully saturated rings. The summed E-state index contributed by atoms with van der Waals surface area (Å²) in [6, 6.07) is 32.8. The number of hydrogen-bond acceptors (Lipinski definition) is 1. The quantitative estimate of drug-likeness (QED) is 0.225. The van der Waals surface area contributed by atoms with Crippen molar-refractivity contribution in [3.63, 3.8) is 0 Å². The van der Waals surface area contributed by atoms with Gasteiger partial charge in [-0.1, -0.05) is 84.9 Å². The second-order valence-electron chi connectivity index (χ2n) is 7.06. The number of fused-ring (bicyclic) bond motifs is 6. The Bertz CT molecular complexity index is 1520. The van der Waals surface area contributed by atoms with Crippen LogP contribution in [-0.2, 0) is 0 Å². The Labute approximate surface area is 175 Å². The second kappa shape index (κ2) is 6.16. The van der Waals surface area contributed by atoms with Gasteiger partial charge in [-0.25, -0.2) is 0 Å². The molecule has 0 aliphatic rings. The zero-order valence-electron chi connectivity index (χ0n) is 14.9. The van der Waals surface area contributed by atoms with Gasteiger partial charge in [-0.05, 0) is 43.5 Å². The van der Waals surface area contributed by atoms with E-state index in [1.165, 1.54) is 57.3 Å². The van der Waals surface area contributed by atoms with Gasteiger partial charge in [0, 0.05) is 35.8 Å². The van der Waals surface area contributed by atoms with Crippen molar-refractivity contribution in [1.82, 2.24) is 0 Å². The molecule has 1 heterocycles. The third-order valence-electron chi connectivity index (χ3n) is 5.54. The van der Waals surface area contributed by atoms with Crippen LogP contribution in [0.3, 0.4) is 0 Å². The minimum Gasteiger partial charge on any atom is -0.135 e. The molecule has 0 spiro atoms. The highest BCUT2D eigenvalue weighted by Gasteiger charge is 2.17. The summed E-state index contributed by atoms with van der Waals surface area (Å²) < 4.78 is 3.86. The van der Waals surface area contributed by atoms with Crippen molar-refractivity contribution < 1.29 is 0 Å². The zero-order chi connectivity index (χ0) is 18.7. The summed E-state index contributed by atoms with van der Waals surface area (Å²) in [5.41, 5.74) is 2.58. The summed E-state index contributed by atoms with van der Waals surface area (Å²) in [5, 5.41) is 7.81. The largest absolute Gasteiger partial charge is 0.135 e. The standard InChI is InChI=1S/C26H15BrS/c27-25-20-12-4-2-9-17(20)16-8-1-3-11-19(16)24(25)22-14-7-13-21-18-10-5-6-15-23(18)28-26(21)22/h1-15H. The first-order valence-corrected chi connectivity index (χ1v) is 10.9. The van der Waals surface area contributed by atoms with E-state index in [1.807, 2.05) is 11.3 Å². The van der Waals surface area contributed by atoms with Crippen LogP contribution in [0.5, 0.6) is 0 Å². The number of benzene rings is 5. The molecule has 28 heavy (non-hydrogen) atoms. The highest BCUT2D eigenvalue weighted by molar-refractivity contribution is 9.10. The van der Waals surface area contributed by atoms with Crippen molar-refractivity contribution in [2.75, 3.05) is 0 Å². The van der Waals surface area contributed by atoms with Gasteiger partial charge in [0.15, 0.2) is 0 Å². The molecule has 0 radical (unpaired) electrons. The van der Waals surface area contributed by atoms with Crippen LogP contribution in [0, 0.1) is 0 Å². The van der Waals surface area contributed by atoms with Crippen LogP contribution < -0.4 is 0 Å². The lowest BCUT2D eigenvalue weighted by molar-refractivity contribution is 1.70. The van der Waals surface area contributed by atoms with Crippen molar-refractivity contribution in [3.8, 4) is 11.1 Å². The molecule has 0 unspecified atom stereocenters. The van der Waals surface area contributed by atoms with Crippen LogP contribution >= 0.6 is 27.3 Å². The number of halogens is 1. The fourth-order valence-electron chi connectivity index (χ4n) is 4.31. The van der Waals surface area contributed by atoms with E-state index in [2.05, 4.69) is 107 Å². The third-order valence-corrected chi connectivity index (χ3v) is 7.59. The Morgan fingerprint density at radius 3 is 1.86 bits per heavy atom. The summed E-state index contributed by atoms with van der Waals surface area (Å²) in [7, 11) is 0. The Morgan fingerprint density at radius 2 is 1.07 bits per heavy atom. The Hall–Kier alpha value is -2.68. The molecule has 0 aliphatic heterocycles. The van der Waals surface area contributed by atoms with E-state index in [0.29, 0.717) is 0 Å². The summed E-state index contributed by atoms with van der Waals surface area (Å²) in [5.74, 6) is 0. The van der Waals surface area contributed by atoms with Crippen molar-refractivity contribution in [3.05, 3.63) is 95.5 Å². The summed E-state index contributed by atoms with van der Waals surface area (Å²) in [6.45, 7) is 0. The van der Waals surface area contributed by atoms with E-state index in [-0.39, 0.29) is 0 Å². The molecular weight excluding hydrogens is 424 g/mol. The van der Waals surface area contributed by atoms with E-state index in [9.17, 15) is 0 Å². The molecule has 0 N–H and O–H groups in total. The van der Waals surface area contributed by atoms with Gasteiger partial charge < -0.3 is 0 Å². The molecule has 1 aromatic heterocycles. The van der Waals surface area contributed by atoms with E-state index >= 15 is 0 Å². The summed E-state index contributed by atoms with van der Waals surface area (Å²) in [6.07, 6.45) is 0. The van der Waals surface area contributed by atoms with Crippen LogP contribution in [0.25, 0.3) is 52.8 Å². The minimum absolute atomic E-state index is 1.17. The van der Waals surface area contributed by atoms with Crippen molar-refractivity contribution in [1.29, 1.82) is 0 Å². The number of thiophene rings is 1. The molecule has 132 valence electrons. The van der Waals surface area contributed by atoms with E-state index < -0.39 is 0 Å². The lowest BCUT2D eigenvalue weighted by atomic mass is 9.92. The summed E-state index contributed by atoms with van der Waals surface area (Å²) >= 11 is 5.86. The first kappa shape index (κ1) is 16.3. The van der Waals surface area contributed by atoms with Gasteiger partial charge in [0.1, 0.15) is 0 Å². The van der Waals surface area contributed by atoms with E-state index in [1.54, 1.807) is 0 Å². The lowest BCUT2D eigenvalue weighted by Gasteiger charge is -2.15. The molecule has 6 rings (SSSR count). The third kappa shape index (κ3) is 2.22. The van der Waals surface area contributed by atoms with E-state index in [4.69, 9.17) is 0 Å². The fourth-order valence-corrected chi connectivity index (χ4v) is 6.30. The van der Waals surface area contributed by atoms with Crippen molar-refractivity contribution in [2.24, 2.45) is 0 Å². The van der Waals surface area contributed by atoms with Gasteiger partial charge in [0.05, 0.1) is 0 Å². The molecule has 5 aromatic carbocycles. The predicted molar refractivity (Wildman–Crippen MR) is 127 cm³/mol. The van der Waals surface area contributed by atoms with Crippen LogP contribution in [0.4, 0.5) is 0 Å². The maximum Gasteiger partial charge on any atom is 0.0434 e.